The summed E-state index contributed by atoms with van der Waals surface area (Å²) in [6.45, 7) is 7.50. The van der Waals surface area contributed by atoms with Crippen LogP contribution in [0.25, 0.3) is 11.1 Å². The summed E-state index contributed by atoms with van der Waals surface area (Å²) in [6.07, 6.45) is 3.52. The molecule has 1 aromatic carbocycles. The van der Waals surface area contributed by atoms with Crippen molar-refractivity contribution in [1.29, 1.82) is 0 Å². The highest BCUT2D eigenvalue weighted by atomic mass is 15.3. The highest BCUT2D eigenvalue weighted by molar-refractivity contribution is 5.70. The van der Waals surface area contributed by atoms with Gasteiger partial charge in [-0.25, -0.2) is 0 Å². The zero-order valence-electron chi connectivity index (χ0n) is 13.5. The van der Waals surface area contributed by atoms with Crippen LogP contribution in [0.5, 0.6) is 0 Å². The van der Waals surface area contributed by atoms with Crippen molar-refractivity contribution in [2.75, 3.05) is 7.05 Å². The third-order valence-electron chi connectivity index (χ3n) is 4.68. The Balaban J connectivity index is 2.06. The molecule has 0 amide bonds. The van der Waals surface area contributed by atoms with Crippen LogP contribution in [-0.2, 0) is 13.0 Å². The van der Waals surface area contributed by atoms with Crippen molar-refractivity contribution >= 4 is 0 Å². The topological polar surface area (TPSA) is 29.9 Å². The van der Waals surface area contributed by atoms with Crippen molar-refractivity contribution in [2.45, 2.75) is 52.6 Å². The quantitative estimate of drug-likeness (QED) is 0.925. The predicted octanol–water partition coefficient (Wildman–Crippen LogP) is 3.78. The van der Waals surface area contributed by atoms with Crippen LogP contribution in [-0.4, -0.2) is 16.8 Å². The number of hydrogen-bond donors (Lipinski definition) is 1. The van der Waals surface area contributed by atoms with E-state index in [1.165, 1.54) is 40.8 Å². The SMILES string of the molecule is CCCn1nc(C)c(-c2ccc3c(c2)C(NC)CC3)c1C. The fourth-order valence-electron chi connectivity index (χ4n) is 3.60. The summed E-state index contributed by atoms with van der Waals surface area (Å²) in [5.41, 5.74) is 8.01. The van der Waals surface area contributed by atoms with E-state index in [1.54, 1.807) is 0 Å². The second-order valence-corrected chi connectivity index (χ2v) is 6.06. The Morgan fingerprint density at radius 1 is 1.33 bits per heavy atom. The Bertz CT molecular complexity index is 655. The largest absolute Gasteiger partial charge is 0.313 e. The van der Waals surface area contributed by atoms with Gasteiger partial charge in [-0.15, -0.1) is 0 Å². The Labute approximate surface area is 127 Å². The van der Waals surface area contributed by atoms with Crippen LogP contribution < -0.4 is 5.32 Å². The van der Waals surface area contributed by atoms with Crippen molar-refractivity contribution in [3.05, 3.63) is 40.7 Å². The molecular weight excluding hydrogens is 258 g/mol. The zero-order valence-corrected chi connectivity index (χ0v) is 13.5. The summed E-state index contributed by atoms with van der Waals surface area (Å²) in [5.74, 6) is 0. The maximum atomic E-state index is 4.71. The van der Waals surface area contributed by atoms with Gasteiger partial charge in [0.25, 0.3) is 0 Å². The van der Waals surface area contributed by atoms with E-state index in [0.717, 1.165) is 18.7 Å². The van der Waals surface area contributed by atoms with Gasteiger partial charge in [-0.2, -0.15) is 5.10 Å². The molecule has 2 aromatic rings. The molecule has 0 fully saturated rings. The molecule has 3 heteroatoms. The monoisotopic (exact) mass is 283 g/mol. The summed E-state index contributed by atoms with van der Waals surface area (Å²) >= 11 is 0. The molecule has 0 saturated heterocycles. The van der Waals surface area contributed by atoms with Crippen LogP contribution in [0.4, 0.5) is 0 Å². The van der Waals surface area contributed by atoms with E-state index in [1.807, 2.05) is 0 Å². The molecule has 3 rings (SSSR count). The number of benzene rings is 1. The van der Waals surface area contributed by atoms with Gasteiger partial charge in [0.15, 0.2) is 0 Å². The molecule has 3 nitrogen and oxygen atoms in total. The first-order chi connectivity index (χ1) is 10.2. The number of rotatable bonds is 4. The Morgan fingerprint density at radius 3 is 2.86 bits per heavy atom. The zero-order chi connectivity index (χ0) is 15.0. The number of aryl methyl sites for hydroxylation is 3. The molecular formula is C18H25N3. The molecule has 1 unspecified atom stereocenters. The first kappa shape index (κ1) is 14.3. The van der Waals surface area contributed by atoms with Gasteiger partial charge in [0.1, 0.15) is 0 Å². The average Bonchev–Trinajstić information content (AvgIpc) is 3.00. The van der Waals surface area contributed by atoms with Crippen LogP contribution in [0.3, 0.4) is 0 Å². The Hall–Kier alpha value is -1.61. The van der Waals surface area contributed by atoms with Crippen LogP contribution in [0, 0.1) is 13.8 Å². The van der Waals surface area contributed by atoms with E-state index < -0.39 is 0 Å². The number of hydrogen-bond acceptors (Lipinski definition) is 2. The highest BCUT2D eigenvalue weighted by Gasteiger charge is 2.22. The first-order valence-corrected chi connectivity index (χ1v) is 8.00. The minimum absolute atomic E-state index is 0.506. The molecule has 1 aliphatic carbocycles. The summed E-state index contributed by atoms with van der Waals surface area (Å²) < 4.78 is 2.15. The van der Waals surface area contributed by atoms with Crippen LogP contribution in [0.15, 0.2) is 18.2 Å². The van der Waals surface area contributed by atoms with Gasteiger partial charge >= 0.3 is 0 Å². The van der Waals surface area contributed by atoms with Crippen molar-refractivity contribution in [3.63, 3.8) is 0 Å². The summed E-state index contributed by atoms with van der Waals surface area (Å²) in [6, 6.07) is 7.45. The second kappa shape index (κ2) is 5.64. The molecule has 112 valence electrons. The average molecular weight is 283 g/mol. The van der Waals surface area contributed by atoms with Gasteiger partial charge < -0.3 is 5.32 Å². The number of fused-ring (bicyclic) bond motifs is 1. The smallest absolute Gasteiger partial charge is 0.0674 e. The van der Waals surface area contributed by atoms with Crippen LogP contribution >= 0.6 is 0 Å². The third kappa shape index (κ3) is 2.40. The lowest BCUT2D eigenvalue weighted by Gasteiger charge is -2.12. The van der Waals surface area contributed by atoms with E-state index >= 15 is 0 Å². The number of aromatic nitrogens is 2. The Kier molecular flexibility index (Phi) is 3.85. The van der Waals surface area contributed by atoms with Gasteiger partial charge in [-0.3, -0.25) is 4.68 Å². The standard InChI is InChI=1S/C18H25N3/c1-5-10-21-13(3)18(12(2)20-21)15-7-6-14-8-9-17(19-4)16(14)11-15/h6-7,11,17,19H,5,8-10H2,1-4H3. The summed E-state index contributed by atoms with van der Waals surface area (Å²) in [4.78, 5) is 0. The van der Waals surface area contributed by atoms with Crippen LogP contribution in [0.1, 0.15) is 48.3 Å². The highest BCUT2D eigenvalue weighted by Crippen LogP contribution is 2.36. The molecule has 0 saturated carbocycles. The van der Waals surface area contributed by atoms with Gasteiger partial charge in [0, 0.05) is 23.8 Å². The predicted molar refractivity (Wildman–Crippen MR) is 87.5 cm³/mol. The van der Waals surface area contributed by atoms with Gasteiger partial charge in [-0.05, 0) is 62.9 Å². The molecule has 1 atom stereocenters. The number of nitrogens with zero attached hydrogens (tertiary/aromatic N) is 2. The molecule has 1 N–H and O–H groups in total. The normalized spacial score (nSPS) is 17.2. The molecule has 1 heterocycles. The second-order valence-electron chi connectivity index (χ2n) is 6.06. The van der Waals surface area contributed by atoms with Gasteiger partial charge in [0.05, 0.1) is 5.69 Å². The molecule has 1 aliphatic rings. The van der Waals surface area contributed by atoms with Crippen LogP contribution in [0.2, 0.25) is 0 Å². The minimum Gasteiger partial charge on any atom is -0.313 e. The molecule has 21 heavy (non-hydrogen) atoms. The fraction of sp³-hybridized carbons (Fsp3) is 0.500. The third-order valence-corrected chi connectivity index (χ3v) is 4.68. The molecule has 0 spiro atoms. The minimum atomic E-state index is 0.506. The van der Waals surface area contributed by atoms with E-state index in [2.05, 4.69) is 56.0 Å². The maximum Gasteiger partial charge on any atom is 0.0674 e. The van der Waals surface area contributed by atoms with E-state index in [-0.39, 0.29) is 0 Å². The lowest BCUT2D eigenvalue weighted by molar-refractivity contribution is 0.583. The van der Waals surface area contributed by atoms with Crippen molar-refractivity contribution in [1.82, 2.24) is 15.1 Å². The van der Waals surface area contributed by atoms with E-state index in [9.17, 15) is 0 Å². The van der Waals surface area contributed by atoms with Gasteiger partial charge in [-0.1, -0.05) is 19.1 Å². The Morgan fingerprint density at radius 2 is 2.14 bits per heavy atom. The lowest BCUT2D eigenvalue weighted by atomic mass is 9.98. The first-order valence-electron chi connectivity index (χ1n) is 8.00. The lowest BCUT2D eigenvalue weighted by Crippen LogP contribution is -2.12. The van der Waals surface area contributed by atoms with E-state index in [0.29, 0.717) is 6.04 Å². The van der Waals surface area contributed by atoms with E-state index in [4.69, 9.17) is 5.10 Å². The molecule has 1 aromatic heterocycles. The molecule has 0 bridgehead atoms. The maximum absolute atomic E-state index is 4.71. The summed E-state index contributed by atoms with van der Waals surface area (Å²) in [5, 5.41) is 8.14. The van der Waals surface area contributed by atoms with Crippen molar-refractivity contribution in [2.24, 2.45) is 0 Å². The van der Waals surface area contributed by atoms with Crippen molar-refractivity contribution in [3.8, 4) is 11.1 Å². The van der Waals surface area contributed by atoms with Crippen molar-refractivity contribution < 1.29 is 0 Å². The summed E-state index contributed by atoms with van der Waals surface area (Å²) in [7, 11) is 2.06. The molecule has 0 radical (unpaired) electrons. The number of nitrogens with one attached hydrogen (secondary N) is 1. The fourth-order valence-corrected chi connectivity index (χ4v) is 3.60. The molecule has 0 aliphatic heterocycles. The van der Waals surface area contributed by atoms with Gasteiger partial charge in [0.2, 0.25) is 0 Å².